The van der Waals surface area contributed by atoms with Gasteiger partial charge in [-0.25, -0.2) is 0 Å². The SMILES string of the molecule is Cc1cccc2c(-c3ccncc3)c([C@H]3CCCN(C(=O)[C@@H](C)CN4CCOCC4)C3)[nH]c12. The summed E-state index contributed by atoms with van der Waals surface area (Å²) in [5, 5.41) is 1.25. The minimum atomic E-state index is 0.00600. The van der Waals surface area contributed by atoms with Crippen LogP contribution in [0.15, 0.2) is 42.7 Å². The second kappa shape index (κ2) is 9.65. The molecule has 2 aliphatic heterocycles. The van der Waals surface area contributed by atoms with Crippen molar-refractivity contribution in [1.82, 2.24) is 19.8 Å². The number of hydrogen-bond donors (Lipinski definition) is 1. The molecule has 4 heterocycles. The van der Waals surface area contributed by atoms with Crippen LogP contribution < -0.4 is 0 Å². The summed E-state index contributed by atoms with van der Waals surface area (Å²) in [6.45, 7) is 10.1. The first-order valence-electron chi connectivity index (χ1n) is 12.2. The third-order valence-corrected chi connectivity index (χ3v) is 7.24. The normalized spacial score (nSPS) is 20.8. The minimum Gasteiger partial charge on any atom is -0.379 e. The summed E-state index contributed by atoms with van der Waals surface area (Å²) in [4.78, 5) is 25.8. The number of morpholine rings is 1. The largest absolute Gasteiger partial charge is 0.379 e. The van der Waals surface area contributed by atoms with Crippen LogP contribution in [0.5, 0.6) is 0 Å². The molecular weight excluding hydrogens is 412 g/mol. The highest BCUT2D eigenvalue weighted by molar-refractivity contribution is 5.99. The smallest absolute Gasteiger partial charge is 0.226 e. The first-order valence-corrected chi connectivity index (χ1v) is 12.2. The van der Waals surface area contributed by atoms with Crippen molar-refractivity contribution in [1.29, 1.82) is 0 Å². The zero-order chi connectivity index (χ0) is 22.8. The first kappa shape index (κ1) is 22.1. The van der Waals surface area contributed by atoms with E-state index >= 15 is 0 Å². The fourth-order valence-corrected chi connectivity index (χ4v) is 5.49. The Morgan fingerprint density at radius 1 is 1.18 bits per heavy atom. The number of aryl methyl sites for hydroxylation is 1. The molecule has 1 N–H and O–H groups in total. The summed E-state index contributed by atoms with van der Waals surface area (Å²) in [7, 11) is 0. The lowest BCUT2D eigenvalue weighted by Gasteiger charge is -2.36. The lowest BCUT2D eigenvalue weighted by molar-refractivity contribution is -0.137. The molecule has 33 heavy (non-hydrogen) atoms. The summed E-state index contributed by atoms with van der Waals surface area (Å²) < 4.78 is 5.46. The van der Waals surface area contributed by atoms with E-state index < -0.39 is 0 Å². The Hall–Kier alpha value is -2.70. The van der Waals surface area contributed by atoms with Gasteiger partial charge in [-0.05, 0) is 43.0 Å². The number of rotatable bonds is 5. The number of aromatic amines is 1. The van der Waals surface area contributed by atoms with Crippen LogP contribution in [0, 0.1) is 12.8 Å². The number of fused-ring (bicyclic) bond motifs is 1. The van der Waals surface area contributed by atoms with Gasteiger partial charge in [0.2, 0.25) is 5.91 Å². The zero-order valence-corrected chi connectivity index (χ0v) is 19.7. The number of piperidine rings is 1. The van der Waals surface area contributed by atoms with Crippen molar-refractivity contribution in [2.45, 2.75) is 32.6 Å². The van der Waals surface area contributed by atoms with Crippen LogP contribution in [-0.4, -0.2) is 71.6 Å². The molecule has 0 aliphatic carbocycles. The summed E-state index contributed by atoms with van der Waals surface area (Å²) in [6.07, 6.45) is 5.84. The number of carbonyl (C=O) groups excluding carboxylic acids is 1. The van der Waals surface area contributed by atoms with Crippen molar-refractivity contribution in [3.63, 3.8) is 0 Å². The molecule has 0 bridgehead atoms. The molecule has 6 nitrogen and oxygen atoms in total. The van der Waals surface area contributed by atoms with Crippen molar-refractivity contribution in [2.75, 3.05) is 45.9 Å². The molecule has 0 saturated carbocycles. The summed E-state index contributed by atoms with van der Waals surface area (Å²) in [5.74, 6) is 0.587. The van der Waals surface area contributed by atoms with E-state index in [-0.39, 0.29) is 11.8 Å². The van der Waals surface area contributed by atoms with E-state index in [1.165, 1.54) is 33.3 Å². The number of nitrogens with one attached hydrogen (secondary N) is 1. The molecule has 3 aromatic rings. The number of amides is 1. The number of carbonyl (C=O) groups is 1. The standard InChI is InChI=1S/C27H34N4O2/c1-19-5-3-7-23-24(21-8-10-28-11-9-21)26(29-25(19)23)22-6-4-12-31(18-22)27(32)20(2)17-30-13-15-33-16-14-30/h3,5,7-11,20,22,29H,4,6,12-18H2,1-2H3/t20-,22-/m0/s1. The quantitative estimate of drug-likeness (QED) is 0.638. The van der Waals surface area contributed by atoms with Gasteiger partial charge in [-0.15, -0.1) is 0 Å². The van der Waals surface area contributed by atoms with E-state index in [1.54, 1.807) is 0 Å². The molecule has 2 aliphatic rings. The number of ether oxygens (including phenoxy) is 1. The van der Waals surface area contributed by atoms with Crippen LogP contribution in [0.4, 0.5) is 0 Å². The van der Waals surface area contributed by atoms with E-state index in [1.807, 2.05) is 12.4 Å². The highest BCUT2D eigenvalue weighted by atomic mass is 16.5. The fourth-order valence-electron chi connectivity index (χ4n) is 5.49. The molecular formula is C27H34N4O2. The number of H-pyrrole nitrogens is 1. The Balaban J connectivity index is 1.41. The summed E-state index contributed by atoms with van der Waals surface area (Å²) in [5.41, 5.74) is 6.14. The number of nitrogens with zero attached hydrogens (tertiary/aromatic N) is 3. The summed E-state index contributed by atoms with van der Waals surface area (Å²) >= 11 is 0. The van der Waals surface area contributed by atoms with Crippen molar-refractivity contribution in [2.24, 2.45) is 5.92 Å². The lowest BCUT2D eigenvalue weighted by Crippen LogP contribution is -2.46. The lowest BCUT2D eigenvalue weighted by atomic mass is 9.89. The fraction of sp³-hybridized carbons (Fsp3) is 0.481. The highest BCUT2D eigenvalue weighted by Crippen LogP contribution is 2.40. The zero-order valence-electron chi connectivity index (χ0n) is 19.7. The van der Waals surface area contributed by atoms with Crippen LogP contribution in [0.3, 0.4) is 0 Å². The Labute approximate surface area is 195 Å². The Bertz CT molecular complexity index is 1100. The van der Waals surface area contributed by atoms with E-state index in [0.29, 0.717) is 5.92 Å². The molecule has 5 rings (SSSR count). The van der Waals surface area contributed by atoms with Crippen molar-refractivity contribution < 1.29 is 9.53 Å². The Morgan fingerprint density at radius 2 is 1.97 bits per heavy atom. The average Bonchev–Trinajstić information content (AvgIpc) is 3.26. The number of pyridine rings is 1. The maximum absolute atomic E-state index is 13.4. The second-order valence-electron chi connectivity index (χ2n) is 9.58. The molecule has 174 valence electrons. The predicted molar refractivity (Wildman–Crippen MR) is 131 cm³/mol. The third kappa shape index (κ3) is 4.55. The number of likely N-dealkylation sites (tertiary alicyclic amines) is 1. The predicted octanol–water partition coefficient (Wildman–Crippen LogP) is 4.21. The van der Waals surface area contributed by atoms with Gasteiger partial charge in [-0.3, -0.25) is 14.7 Å². The van der Waals surface area contributed by atoms with Gasteiger partial charge in [-0.1, -0.05) is 25.1 Å². The highest BCUT2D eigenvalue weighted by Gasteiger charge is 2.31. The van der Waals surface area contributed by atoms with Gasteiger partial charge >= 0.3 is 0 Å². The first-order chi connectivity index (χ1) is 16.1. The van der Waals surface area contributed by atoms with Gasteiger partial charge in [0, 0.05) is 79.1 Å². The number of aromatic nitrogens is 2. The van der Waals surface area contributed by atoms with Crippen molar-refractivity contribution in [3.05, 3.63) is 54.0 Å². The maximum Gasteiger partial charge on any atom is 0.226 e. The van der Waals surface area contributed by atoms with Gasteiger partial charge in [-0.2, -0.15) is 0 Å². The van der Waals surface area contributed by atoms with Crippen LogP contribution in [0.2, 0.25) is 0 Å². The van der Waals surface area contributed by atoms with Gasteiger partial charge in [0.05, 0.1) is 13.2 Å². The Morgan fingerprint density at radius 3 is 2.76 bits per heavy atom. The topological polar surface area (TPSA) is 61.5 Å². The molecule has 2 atom stereocenters. The molecule has 6 heteroatoms. The molecule has 0 spiro atoms. The second-order valence-corrected chi connectivity index (χ2v) is 9.58. The molecule has 2 aromatic heterocycles. The van der Waals surface area contributed by atoms with Gasteiger partial charge < -0.3 is 14.6 Å². The van der Waals surface area contributed by atoms with Crippen LogP contribution in [0.1, 0.15) is 36.9 Å². The average molecular weight is 447 g/mol. The number of para-hydroxylation sites is 1. The number of hydrogen-bond acceptors (Lipinski definition) is 4. The molecule has 1 aromatic carbocycles. The molecule has 2 saturated heterocycles. The molecule has 0 unspecified atom stereocenters. The van der Waals surface area contributed by atoms with Gasteiger partial charge in [0.1, 0.15) is 0 Å². The van der Waals surface area contributed by atoms with Crippen LogP contribution >= 0.6 is 0 Å². The van der Waals surface area contributed by atoms with Gasteiger partial charge in [0.25, 0.3) is 0 Å². The van der Waals surface area contributed by atoms with Gasteiger partial charge in [0.15, 0.2) is 0 Å². The van der Waals surface area contributed by atoms with Crippen LogP contribution in [0.25, 0.3) is 22.0 Å². The van der Waals surface area contributed by atoms with E-state index in [2.05, 4.69) is 63.9 Å². The van der Waals surface area contributed by atoms with Crippen LogP contribution in [-0.2, 0) is 9.53 Å². The third-order valence-electron chi connectivity index (χ3n) is 7.24. The molecule has 0 radical (unpaired) electrons. The maximum atomic E-state index is 13.4. The minimum absolute atomic E-state index is 0.00600. The van der Waals surface area contributed by atoms with Crippen molar-refractivity contribution >= 4 is 16.8 Å². The van der Waals surface area contributed by atoms with Crippen molar-refractivity contribution in [3.8, 4) is 11.1 Å². The molecule has 2 fully saturated rings. The number of benzene rings is 1. The molecule has 1 amide bonds. The van der Waals surface area contributed by atoms with E-state index in [9.17, 15) is 4.79 Å². The van der Waals surface area contributed by atoms with E-state index in [4.69, 9.17) is 4.74 Å². The summed E-state index contributed by atoms with van der Waals surface area (Å²) in [6, 6.07) is 10.7. The Kier molecular flexibility index (Phi) is 6.47. The van der Waals surface area contributed by atoms with E-state index in [0.717, 1.165) is 58.8 Å². The monoisotopic (exact) mass is 446 g/mol.